The van der Waals surface area contributed by atoms with Crippen LogP contribution in [-0.2, 0) is 0 Å². The highest BCUT2D eigenvalue weighted by Gasteiger charge is 2.27. The van der Waals surface area contributed by atoms with Crippen LogP contribution in [0.2, 0.25) is 10.0 Å². The molecule has 0 saturated carbocycles. The van der Waals surface area contributed by atoms with Crippen LogP contribution in [0.3, 0.4) is 0 Å². The van der Waals surface area contributed by atoms with Crippen molar-refractivity contribution >= 4 is 34.5 Å². The van der Waals surface area contributed by atoms with Crippen molar-refractivity contribution in [3.05, 3.63) is 45.3 Å². The average Bonchev–Trinajstić information content (AvgIpc) is 2.79. The summed E-state index contributed by atoms with van der Waals surface area (Å²) in [6, 6.07) is 8.04. The molecule has 3 heteroatoms. The molecule has 0 aliphatic carbocycles. The maximum Gasteiger partial charge on any atom is 0.0462 e. The predicted molar refractivity (Wildman–Crippen MR) is 87.6 cm³/mol. The molecular weight excluding hydrogens is 295 g/mol. The smallest absolute Gasteiger partial charge is 0.0462 e. The fourth-order valence-corrected chi connectivity index (χ4v) is 3.51. The standard InChI is InChI=1S/C16H18Cl2S/c1-10(16(2,3)4)15-12(14-6-5-7-19-14)8-11(17)9-13(15)18/h5-10H,1-4H3. The highest BCUT2D eigenvalue weighted by atomic mass is 35.5. The van der Waals surface area contributed by atoms with Crippen molar-refractivity contribution in [2.75, 3.05) is 0 Å². The molecule has 0 saturated heterocycles. The number of hydrogen-bond acceptors (Lipinski definition) is 1. The van der Waals surface area contributed by atoms with Gasteiger partial charge in [-0.3, -0.25) is 0 Å². The van der Waals surface area contributed by atoms with Gasteiger partial charge in [0.05, 0.1) is 0 Å². The Morgan fingerprint density at radius 1 is 1.16 bits per heavy atom. The zero-order chi connectivity index (χ0) is 14.2. The summed E-state index contributed by atoms with van der Waals surface area (Å²) in [5.74, 6) is 0.356. The molecule has 102 valence electrons. The third-order valence-corrected chi connectivity index (χ3v) is 5.05. The molecule has 2 aromatic rings. The van der Waals surface area contributed by atoms with Crippen molar-refractivity contribution < 1.29 is 0 Å². The van der Waals surface area contributed by atoms with Crippen LogP contribution in [0.5, 0.6) is 0 Å². The summed E-state index contributed by atoms with van der Waals surface area (Å²) in [6.45, 7) is 8.94. The lowest BCUT2D eigenvalue weighted by Gasteiger charge is -2.30. The molecule has 0 aliphatic heterocycles. The van der Waals surface area contributed by atoms with Crippen LogP contribution in [0.15, 0.2) is 29.6 Å². The van der Waals surface area contributed by atoms with E-state index < -0.39 is 0 Å². The molecule has 0 spiro atoms. The van der Waals surface area contributed by atoms with Gasteiger partial charge in [0.1, 0.15) is 0 Å². The first kappa shape index (κ1) is 14.9. The molecule has 19 heavy (non-hydrogen) atoms. The molecule has 1 aromatic heterocycles. The van der Waals surface area contributed by atoms with Crippen molar-refractivity contribution in [2.45, 2.75) is 33.6 Å². The van der Waals surface area contributed by atoms with E-state index in [4.69, 9.17) is 23.2 Å². The van der Waals surface area contributed by atoms with E-state index in [2.05, 4.69) is 45.2 Å². The van der Waals surface area contributed by atoms with Crippen molar-refractivity contribution in [3.63, 3.8) is 0 Å². The first-order valence-electron chi connectivity index (χ1n) is 6.33. The molecule has 0 radical (unpaired) electrons. The summed E-state index contributed by atoms with van der Waals surface area (Å²) in [6.07, 6.45) is 0. The molecule has 0 aliphatic rings. The second kappa shape index (κ2) is 5.47. The van der Waals surface area contributed by atoms with Gasteiger partial charge >= 0.3 is 0 Å². The topological polar surface area (TPSA) is 0 Å². The van der Waals surface area contributed by atoms with Crippen molar-refractivity contribution in [1.82, 2.24) is 0 Å². The Labute approximate surface area is 129 Å². The van der Waals surface area contributed by atoms with Crippen LogP contribution in [-0.4, -0.2) is 0 Å². The van der Waals surface area contributed by atoms with Crippen LogP contribution in [0, 0.1) is 5.41 Å². The largest absolute Gasteiger partial charge is 0.144 e. The van der Waals surface area contributed by atoms with Gasteiger partial charge in [-0.15, -0.1) is 11.3 Å². The highest BCUT2D eigenvalue weighted by Crippen LogP contribution is 2.45. The van der Waals surface area contributed by atoms with E-state index in [9.17, 15) is 0 Å². The van der Waals surface area contributed by atoms with E-state index in [1.165, 1.54) is 10.4 Å². The van der Waals surface area contributed by atoms with Crippen molar-refractivity contribution in [1.29, 1.82) is 0 Å². The number of rotatable bonds is 2. The number of benzene rings is 1. The van der Waals surface area contributed by atoms with Gasteiger partial charge in [0.2, 0.25) is 0 Å². The van der Waals surface area contributed by atoms with E-state index in [1.54, 1.807) is 11.3 Å². The SMILES string of the molecule is CC(c1c(Cl)cc(Cl)cc1-c1cccs1)C(C)(C)C. The fraction of sp³-hybridized carbons (Fsp3) is 0.375. The molecule has 1 heterocycles. The lowest BCUT2D eigenvalue weighted by Crippen LogP contribution is -2.16. The number of thiophene rings is 1. The monoisotopic (exact) mass is 312 g/mol. The minimum atomic E-state index is 0.156. The van der Waals surface area contributed by atoms with E-state index in [-0.39, 0.29) is 5.41 Å². The molecule has 1 aromatic carbocycles. The molecular formula is C16H18Cl2S. The zero-order valence-corrected chi connectivity index (χ0v) is 14.0. The Kier molecular flexibility index (Phi) is 4.29. The van der Waals surface area contributed by atoms with Gasteiger partial charge in [0, 0.05) is 14.9 Å². The van der Waals surface area contributed by atoms with Crippen LogP contribution < -0.4 is 0 Å². The molecule has 0 nitrogen and oxygen atoms in total. The van der Waals surface area contributed by atoms with E-state index >= 15 is 0 Å². The number of halogens is 2. The molecule has 0 bridgehead atoms. The van der Waals surface area contributed by atoms with Gasteiger partial charge in [0.25, 0.3) is 0 Å². The molecule has 0 fully saturated rings. The van der Waals surface area contributed by atoms with Crippen LogP contribution in [0.1, 0.15) is 39.2 Å². The Balaban J connectivity index is 2.66. The maximum atomic E-state index is 6.47. The van der Waals surface area contributed by atoms with Gasteiger partial charge < -0.3 is 0 Å². The van der Waals surface area contributed by atoms with Crippen LogP contribution >= 0.6 is 34.5 Å². The lowest BCUT2D eigenvalue weighted by molar-refractivity contribution is 0.340. The summed E-state index contributed by atoms with van der Waals surface area (Å²) < 4.78 is 0. The lowest BCUT2D eigenvalue weighted by atomic mass is 9.76. The Morgan fingerprint density at radius 2 is 1.84 bits per heavy atom. The normalized spacial score (nSPS) is 13.6. The summed E-state index contributed by atoms with van der Waals surface area (Å²) in [7, 11) is 0. The molecule has 2 rings (SSSR count). The second-order valence-electron chi connectivity index (χ2n) is 5.91. The summed E-state index contributed by atoms with van der Waals surface area (Å²) in [4.78, 5) is 1.22. The minimum Gasteiger partial charge on any atom is -0.144 e. The summed E-state index contributed by atoms with van der Waals surface area (Å²) in [5.41, 5.74) is 2.51. The van der Waals surface area contributed by atoms with E-state index in [0.29, 0.717) is 10.9 Å². The second-order valence-corrected chi connectivity index (χ2v) is 7.71. The predicted octanol–water partition coefficient (Wildman–Crippen LogP) is 6.87. The van der Waals surface area contributed by atoms with E-state index in [1.807, 2.05) is 12.1 Å². The van der Waals surface area contributed by atoms with Gasteiger partial charge in [-0.2, -0.15) is 0 Å². The highest BCUT2D eigenvalue weighted by molar-refractivity contribution is 7.13. The maximum absolute atomic E-state index is 6.47. The quantitative estimate of drug-likeness (QED) is 0.567. The third-order valence-electron chi connectivity index (χ3n) is 3.61. The zero-order valence-electron chi connectivity index (χ0n) is 11.6. The van der Waals surface area contributed by atoms with Crippen molar-refractivity contribution in [3.8, 4) is 10.4 Å². The van der Waals surface area contributed by atoms with Gasteiger partial charge in [0.15, 0.2) is 0 Å². The minimum absolute atomic E-state index is 0.156. The molecule has 1 unspecified atom stereocenters. The van der Waals surface area contributed by atoms with Gasteiger partial charge in [-0.05, 0) is 46.0 Å². The molecule has 0 amide bonds. The fourth-order valence-electron chi connectivity index (χ4n) is 2.09. The van der Waals surface area contributed by atoms with Crippen LogP contribution in [0.4, 0.5) is 0 Å². The van der Waals surface area contributed by atoms with Crippen LogP contribution in [0.25, 0.3) is 10.4 Å². The summed E-state index contributed by atoms with van der Waals surface area (Å²) in [5, 5.41) is 3.53. The van der Waals surface area contributed by atoms with Gasteiger partial charge in [-0.1, -0.05) is 57.0 Å². The van der Waals surface area contributed by atoms with Crippen molar-refractivity contribution in [2.24, 2.45) is 5.41 Å². The molecule has 0 N–H and O–H groups in total. The summed E-state index contributed by atoms with van der Waals surface area (Å²) >= 11 is 14.4. The number of hydrogen-bond donors (Lipinski definition) is 0. The Hall–Kier alpha value is -0.500. The first-order valence-corrected chi connectivity index (χ1v) is 7.97. The Morgan fingerprint density at radius 3 is 2.37 bits per heavy atom. The third kappa shape index (κ3) is 3.16. The first-order chi connectivity index (χ1) is 8.80. The average molecular weight is 313 g/mol. The van der Waals surface area contributed by atoms with E-state index in [0.717, 1.165) is 10.6 Å². The Bertz CT molecular complexity index is 565. The molecule has 1 atom stereocenters. The van der Waals surface area contributed by atoms with Gasteiger partial charge in [-0.25, -0.2) is 0 Å².